The van der Waals surface area contributed by atoms with E-state index in [-0.39, 0.29) is 0 Å². The lowest BCUT2D eigenvalue weighted by molar-refractivity contribution is 0.810. The zero-order valence-electron chi connectivity index (χ0n) is 12.3. The predicted octanol–water partition coefficient (Wildman–Crippen LogP) is 5.32. The number of aryl methyl sites for hydroxylation is 1. The third-order valence-electron chi connectivity index (χ3n) is 4.88. The van der Waals surface area contributed by atoms with Gasteiger partial charge in [-0.05, 0) is 22.8 Å². The Bertz CT molecular complexity index is 831. The molecule has 0 fully saturated rings. The lowest BCUT2D eigenvalue weighted by Crippen LogP contribution is -2.01. The molecule has 0 spiro atoms. The van der Waals surface area contributed by atoms with E-state index in [2.05, 4.69) is 83.0 Å². The van der Waals surface area contributed by atoms with Gasteiger partial charge >= 0.3 is 0 Å². The molecule has 0 saturated carbocycles. The van der Waals surface area contributed by atoms with Gasteiger partial charge in [0.15, 0.2) is 0 Å². The molecule has 2 atom stereocenters. The van der Waals surface area contributed by atoms with Crippen molar-refractivity contribution in [3.8, 4) is 0 Å². The molecular formula is C19H18BrN. The minimum atomic E-state index is 0.389. The van der Waals surface area contributed by atoms with Gasteiger partial charge < -0.3 is 4.57 Å². The largest absolute Gasteiger partial charge is 0.347 e. The van der Waals surface area contributed by atoms with Crippen LogP contribution < -0.4 is 0 Å². The van der Waals surface area contributed by atoms with E-state index in [9.17, 15) is 0 Å². The van der Waals surface area contributed by atoms with Crippen LogP contribution in [0.2, 0.25) is 0 Å². The quantitative estimate of drug-likeness (QED) is 0.488. The molecule has 2 aromatic carbocycles. The van der Waals surface area contributed by atoms with Gasteiger partial charge in [-0.3, -0.25) is 0 Å². The molecule has 0 bridgehead atoms. The van der Waals surface area contributed by atoms with E-state index >= 15 is 0 Å². The number of benzene rings is 2. The Kier molecular flexibility index (Phi) is 2.97. The van der Waals surface area contributed by atoms with E-state index < -0.39 is 0 Å². The molecule has 106 valence electrons. The first-order valence-electron chi connectivity index (χ1n) is 7.47. The highest BCUT2D eigenvalue weighted by atomic mass is 79.9. The number of aromatic nitrogens is 1. The average Bonchev–Trinajstić information content (AvgIpc) is 2.73. The Labute approximate surface area is 133 Å². The Balaban J connectivity index is 2.08. The van der Waals surface area contributed by atoms with Gasteiger partial charge in [0.05, 0.1) is 0 Å². The maximum atomic E-state index is 3.91. The molecule has 4 rings (SSSR count). The van der Waals surface area contributed by atoms with E-state index in [4.69, 9.17) is 0 Å². The molecule has 0 radical (unpaired) electrons. The van der Waals surface area contributed by atoms with Gasteiger partial charge in [-0.25, -0.2) is 0 Å². The molecule has 1 nitrogen and oxygen atoms in total. The summed E-state index contributed by atoms with van der Waals surface area (Å²) in [6, 6.07) is 17.6. The molecule has 0 N–H and O–H groups in total. The van der Waals surface area contributed by atoms with Gasteiger partial charge in [0.25, 0.3) is 0 Å². The monoisotopic (exact) mass is 339 g/mol. The fraction of sp³-hybridized carbons (Fsp3) is 0.263. The molecule has 1 aliphatic rings. The molecule has 1 aromatic heterocycles. The van der Waals surface area contributed by atoms with Crippen LogP contribution in [0.5, 0.6) is 0 Å². The second kappa shape index (κ2) is 4.74. The van der Waals surface area contributed by atoms with Crippen molar-refractivity contribution in [3.05, 3.63) is 70.9 Å². The van der Waals surface area contributed by atoms with Crippen LogP contribution >= 0.6 is 15.9 Å². The number of fused-ring (bicyclic) bond motifs is 4. The zero-order valence-corrected chi connectivity index (χ0v) is 13.9. The minimum Gasteiger partial charge on any atom is -0.347 e. The SMILES string of the molecule is CC1c2ccccc2C(Br)Cc2c1c1ccccc1n2C. The van der Waals surface area contributed by atoms with Crippen molar-refractivity contribution in [2.45, 2.75) is 24.1 Å². The van der Waals surface area contributed by atoms with E-state index in [1.165, 1.54) is 33.3 Å². The Hall–Kier alpha value is -1.54. The number of hydrogen-bond donors (Lipinski definition) is 0. The summed E-state index contributed by atoms with van der Waals surface area (Å²) in [6.07, 6.45) is 1.04. The van der Waals surface area contributed by atoms with Crippen LogP contribution in [0.25, 0.3) is 10.9 Å². The summed E-state index contributed by atoms with van der Waals surface area (Å²) >= 11 is 3.91. The first-order chi connectivity index (χ1) is 10.2. The standard InChI is InChI=1S/C19H18BrN/c1-12-13-7-3-4-8-14(13)16(20)11-18-19(12)15-9-5-6-10-17(15)21(18)2/h3-10,12,16H,11H2,1-2H3. The summed E-state index contributed by atoms with van der Waals surface area (Å²) in [6.45, 7) is 2.34. The molecule has 3 aromatic rings. The number of hydrogen-bond acceptors (Lipinski definition) is 0. The van der Waals surface area contributed by atoms with Crippen molar-refractivity contribution >= 4 is 26.8 Å². The summed E-state index contributed by atoms with van der Waals surface area (Å²) in [4.78, 5) is 0.389. The molecule has 0 aliphatic heterocycles. The van der Waals surface area contributed by atoms with E-state index in [1.807, 2.05) is 0 Å². The second-order valence-electron chi connectivity index (χ2n) is 5.96. The first kappa shape index (κ1) is 13.1. The number of nitrogens with zero attached hydrogens (tertiary/aromatic N) is 1. The van der Waals surface area contributed by atoms with E-state index in [0.29, 0.717) is 10.7 Å². The van der Waals surface area contributed by atoms with Crippen LogP contribution in [0.1, 0.15) is 40.1 Å². The van der Waals surface area contributed by atoms with Crippen LogP contribution in [-0.2, 0) is 13.5 Å². The van der Waals surface area contributed by atoms with Crippen LogP contribution in [-0.4, -0.2) is 4.57 Å². The average molecular weight is 340 g/mol. The van der Waals surface area contributed by atoms with Crippen LogP contribution in [0.15, 0.2) is 48.5 Å². The Morgan fingerprint density at radius 2 is 1.67 bits per heavy atom. The van der Waals surface area contributed by atoms with Gasteiger partial charge in [-0.1, -0.05) is 65.3 Å². The van der Waals surface area contributed by atoms with Crippen molar-refractivity contribution in [2.24, 2.45) is 7.05 Å². The third kappa shape index (κ3) is 1.82. The highest BCUT2D eigenvalue weighted by Gasteiger charge is 2.29. The van der Waals surface area contributed by atoms with Gasteiger partial charge in [0.1, 0.15) is 0 Å². The van der Waals surface area contributed by atoms with Gasteiger partial charge in [0, 0.05) is 40.8 Å². The number of rotatable bonds is 0. The zero-order chi connectivity index (χ0) is 14.6. The third-order valence-corrected chi connectivity index (χ3v) is 5.69. The van der Waals surface area contributed by atoms with E-state index in [1.54, 1.807) is 0 Å². The lowest BCUT2D eigenvalue weighted by atomic mass is 9.90. The van der Waals surface area contributed by atoms with Crippen LogP contribution in [0.4, 0.5) is 0 Å². The Morgan fingerprint density at radius 3 is 2.48 bits per heavy atom. The topological polar surface area (TPSA) is 4.93 Å². The second-order valence-corrected chi connectivity index (χ2v) is 7.06. The Morgan fingerprint density at radius 1 is 1.00 bits per heavy atom. The minimum absolute atomic E-state index is 0.389. The summed E-state index contributed by atoms with van der Waals surface area (Å²) in [5, 5.41) is 1.40. The summed E-state index contributed by atoms with van der Waals surface area (Å²) in [7, 11) is 2.20. The van der Waals surface area contributed by atoms with Crippen LogP contribution in [0.3, 0.4) is 0 Å². The van der Waals surface area contributed by atoms with Crippen molar-refractivity contribution < 1.29 is 0 Å². The van der Waals surface area contributed by atoms with Crippen molar-refractivity contribution in [1.29, 1.82) is 0 Å². The van der Waals surface area contributed by atoms with Crippen molar-refractivity contribution in [3.63, 3.8) is 0 Å². The molecular weight excluding hydrogens is 322 g/mol. The predicted molar refractivity (Wildman–Crippen MR) is 92.3 cm³/mol. The van der Waals surface area contributed by atoms with Crippen LogP contribution in [0, 0.1) is 0 Å². The molecule has 21 heavy (non-hydrogen) atoms. The molecule has 1 heterocycles. The molecule has 1 aliphatic carbocycles. The molecule has 0 amide bonds. The van der Waals surface area contributed by atoms with Gasteiger partial charge in [-0.2, -0.15) is 0 Å². The number of halogens is 1. The van der Waals surface area contributed by atoms with Gasteiger partial charge in [0.2, 0.25) is 0 Å². The smallest absolute Gasteiger partial charge is 0.0483 e. The molecule has 2 heteroatoms. The lowest BCUT2D eigenvalue weighted by Gasteiger charge is -2.15. The van der Waals surface area contributed by atoms with Crippen molar-refractivity contribution in [1.82, 2.24) is 4.57 Å². The highest BCUT2D eigenvalue weighted by Crippen LogP contribution is 2.44. The van der Waals surface area contributed by atoms with Crippen molar-refractivity contribution in [2.75, 3.05) is 0 Å². The summed E-state index contributed by atoms with van der Waals surface area (Å²) in [5.41, 5.74) is 7.19. The molecule has 2 unspecified atom stereocenters. The normalized spacial score (nSPS) is 20.9. The molecule has 0 saturated heterocycles. The highest BCUT2D eigenvalue weighted by molar-refractivity contribution is 9.09. The maximum Gasteiger partial charge on any atom is 0.0483 e. The summed E-state index contributed by atoms with van der Waals surface area (Å²) < 4.78 is 2.38. The fourth-order valence-corrected chi connectivity index (χ4v) is 4.55. The maximum absolute atomic E-state index is 3.91. The number of para-hydroxylation sites is 1. The van der Waals surface area contributed by atoms with Gasteiger partial charge in [-0.15, -0.1) is 0 Å². The fourth-order valence-electron chi connectivity index (χ4n) is 3.83. The first-order valence-corrected chi connectivity index (χ1v) is 8.39. The number of alkyl halides is 1. The summed E-state index contributed by atoms with van der Waals surface area (Å²) in [5.74, 6) is 0.435. The van der Waals surface area contributed by atoms with E-state index in [0.717, 1.165) is 6.42 Å².